The lowest BCUT2D eigenvalue weighted by molar-refractivity contribution is 0.0600. The molecule has 0 aliphatic heterocycles. The van der Waals surface area contributed by atoms with Gasteiger partial charge in [-0.1, -0.05) is 24.6 Å². The summed E-state index contributed by atoms with van der Waals surface area (Å²) in [7, 11) is -3.07. The predicted molar refractivity (Wildman–Crippen MR) is 91.7 cm³/mol. The summed E-state index contributed by atoms with van der Waals surface area (Å²) in [5, 5.41) is 0.286. The van der Waals surface area contributed by atoms with Crippen molar-refractivity contribution in [3.63, 3.8) is 0 Å². The van der Waals surface area contributed by atoms with Crippen LogP contribution in [0.25, 0.3) is 0 Å². The molecule has 0 amide bonds. The minimum Gasteiger partial charge on any atom is -0.465 e. The fraction of sp³-hybridized carbons (Fsp3) is 0.176. The SMILES string of the molecule is CCC(=O)c1cc(Cl)ccc1OS(=O)(=O)c1cccc(C(=O)OC)c1. The van der Waals surface area contributed by atoms with Crippen molar-refractivity contribution in [2.75, 3.05) is 7.11 Å². The summed E-state index contributed by atoms with van der Waals surface area (Å²) in [6.45, 7) is 1.64. The van der Waals surface area contributed by atoms with Gasteiger partial charge in [0.15, 0.2) is 11.5 Å². The average Bonchev–Trinajstić information content (AvgIpc) is 2.61. The molecule has 0 saturated heterocycles. The van der Waals surface area contributed by atoms with Crippen molar-refractivity contribution < 1.29 is 26.9 Å². The molecule has 0 fully saturated rings. The summed E-state index contributed by atoms with van der Waals surface area (Å²) < 4.78 is 34.7. The van der Waals surface area contributed by atoms with Crippen LogP contribution in [0.15, 0.2) is 47.4 Å². The van der Waals surface area contributed by atoms with Gasteiger partial charge < -0.3 is 8.92 Å². The Bertz CT molecular complexity index is 920. The molecule has 0 aliphatic rings. The van der Waals surface area contributed by atoms with Crippen molar-refractivity contribution >= 4 is 33.5 Å². The third-order valence-electron chi connectivity index (χ3n) is 3.31. The smallest absolute Gasteiger partial charge is 0.339 e. The Labute approximate surface area is 150 Å². The van der Waals surface area contributed by atoms with Crippen LogP contribution in [0.5, 0.6) is 5.75 Å². The summed E-state index contributed by atoms with van der Waals surface area (Å²) in [6, 6.07) is 9.30. The molecule has 0 aromatic heterocycles. The van der Waals surface area contributed by atoms with Gasteiger partial charge in [0.2, 0.25) is 0 Å². The number of methoxy groups -OCH3 is 1. The van der Waals surface area contributed by atoms with Crippen molar-refractivity contribution in [2.45, 2.75) is 18.2 Å². The highest BCUT2D eigenvalue weighted by atomic mass is 35.5. The van der Waals surface area contributed by atoms with E-state index < -0.39 is 16.1 Å². The minimum absolute atomic E-state index is 0.0631. The molecule has 25 heavy (non-hydrogen) atoms. The van der Waals surface area contributed by atoms with Crippen molar-refractivity contribution in [1.29, 1.82) is 0 Å². The van der Waals surface area contributed by atoms with Crippen molar-refractivity contribution in [1.82, 2.24) is 0 Å². The van der Waals surface area contributed by atoms with Gasteiger partial charge in [0.1, 0.15) is 4.90 Å². The van der Waals surface area contributed by atoms with E-state index in [-0.39, 0.29) is 39.0 Å². The summed E-state index contributed by atoms with van der Waals surface area (Å²) in [4.78, 5) is 23.3. The van der Waals surface area contributed by atoms with E-state index in [1.54, 1.807) is 6.92 Å². The molecule has 0 heterocycles. The molecule has 2 aromatic rings. The minimum atomic E-state index is -4.26. The first-order valence-electron chi connectivity index (χ1n) is 7.24. The third kappa shape index (κ3) is 4.37. The highest BCUT2D eigenvalue weighted by Gasteiger charge is 2.22. The van der Waals surface area contributed by atoms with Crippen LogP contribution in [0.3, 0.4) is 0 Å². The van der Waals surface area contributed by atoms with Gasteiger partial charge >= 0.3 is 16.1 Å². The van der Waals surface area contributed by atoms with Gasteiger partial charge in [0.05, 0.1) is 18.2 Å². The molecular formula is C17H15ClO6S. The first kappa shape index (κ1) is 19.0. The van der Waals surface area contributed by atoms with E-state index in [0.717, 1.165) is 6.07 Å². The Hall–Kier alpha value is -2.38. The van der Waals surface area contributed by atoms with Gasteiger partial charge in [0.25, 0.3) is 0 Å². The molecule has 6 nitrogen and oxygen atoms in total. The molecule has 0 atom stereocenters. The van der Waals surface area contributed by atoms with Gasteiger partial charge in [-0.3, -0.25) is 4.79 Å². The number of ketones is 1. The lowest BCUT2D eigenvalue weighted by Gasteiger charge is -2.11. The molecule has 0 bridgehead atoms. The Morgan fingerprint density at radius 3 is 2.48 bits per heavy atom. The van der Waals surface area contributed by atoms with E-state index in [1.807, 2.05) is 0 Å². The maximum atomic E-state index is 12.5. The molecule has 0 spiro atoms. The number of ether oxygens (including phenoxy) is 1. The molecule has 2 aromatic carbocycles. The number of Topliss-reactive ketones (excluding diaryl/α,β-unsaturated/α-hetero) is 1. The second kappa shape index (κ2) is 7.67. The zero-order chi connectivity index (χ0) is 18.6. The van der Waals surface area contributed by atoms with Crippen LogP contribution in [0.2, 0.25) is 5.02 Å². The summed E-state index contributed by atoms with van der Waals surface area (Å²) in [6.07, 6.45) is 0.161. The van der Waals surface area contributed by atoms with Crippen molar-refractivity contribution in [3.05, 3.63) is 58.6 Å². The molecule has 8 heteroatoms. The highest BCUT2D eigenvalue weighted by Crippen LogP contribution is 2.27. The van der Waals surface area contributed by atoms with E-state index in [9.17, 15) is 18.0 Å². The lowest BCUT2D eigenvalue weighted by atomic mass is 10.1. The molecule has 0 aliphatic carbocycles. The number of hydrogen-bond donors (Lipinski definition) is 0. The number of rotatable bonds is 6. The van der Waals surface area contributed by atoms with Crippen LogP contribution in [0.4, 0.5) is 0 Å². The van der Waals surface area contributed by atoms with Crippen LogP contribution in [-0.4, -0.2) is 27.3 Å². The van der Waals surface area contributed by atoms with Gasteiger partial charge in [-0.15, -0.1) is 0 Å². The molecule has 0 unspecified atom stereocenters. The number of benzene rings is 2. The van der Waals surface area contributed by atoms with E-state index in [2.05, 4.69) is 4.74 Å². The summed E-state index contributed by atoms with van der Waals surface area (Å²) >= 11 is 5.87. The van der Waals surface area contributed by atoms with Crippen LogP contribution in [0.1, 0.15) is 34.1 Å². The van der Waals surface area contributed by atoms with E-state index in [0.29, 0.717) is 0 Å². The Morgan fingerprint density at radius 2 is 1.84 bits per heavy atom. The van der Waals surface area contributed by atoms with Crippen molar-refractivity contribution in [2.24, 2.45) is 0 Å². The first-order chi connectivity index (χ1) is 11.8. The van der Waals surface area contributed by atoms with Gasteiger partial charge in [-0.25, -0.2) is 4.79 Å². The maximum absolute atomic E-state index is 12.5. The van der Waals surface area contributed by atoms with Crippen molar-refractivity contribution in [3.8, 4) is 5.75 Å². The Balaban J connectivity index is 2.43. The lowest BCUT2D eigenvalue weighted by Crippen LogP contribution is -2.13. The van der Waals surface area contributed by atoms with Gasteiger partial charge in [-0.2, -0.15) is 8.42 Å². The molecule has 0 N–H and O–H groups in total. The third-order valence-corrected chi connectivity index (χ3v) is 4.77. The quantitative estimate of drug-likeness (QED) is 0.432. The van der Waals surface area contributed by atoms with Crippen LogP contribution >= 0.6 is 11.6 Å². The fourth-order valence-electron chi connectivity index (χ4n) is 2.05. The predicted octanol–water partition coefficient (Wildman–Crippen LogP) is 3.49. The number of esters is 1. The fourth-order valence-corrected chi connectivity index (χ4v) is 3.21. The molecule has 2 rings (SSSR count). The highest BCUT2D eigenvalue weighted by molar-refractivity contribution is 7.87. The van der Waals surface area contributed by atoms with Crippen LogP contribution in [-0.2, 0) is 14.9 Å². The second-order valence-electron chi connectivity index (χ2n) is 4.97. The second-order valence-corrected chi connectivity index (χ2v) is 6.96. The Morgan fingerprint density at radius 1 is 1.12 bits per heavy atom. The zero-order valence-corrected chi connectivity index (χ0v) is 15.1. The molecule has 0 radical (unpaired) electrons. The monoisotopic (exact) mass is 382 g/mol. The maximum Gasteiger partial charge on any atom is 0.339 e. The van der Waals surface area contributed by atoms with E-state index in [1.165, 1.54) is 43.5 Å². The average molecular weight is 383 g/mol. The Kier molecular flexibility index (Phi) is 5.81. The first-order valence-corrected chi connectivity index (χ1v) is 9.02. The molecule has 132 valence electrons. The normalized spacial score (nSPS) is 11.0. The number of carbonyl (C=O) groups excluding carboxylic acids is 2. The largest absolute Gasteiger partial charge is 0.465 e. The molecule has 0 saturated carbocycles. The van der Waals surface area contributed by atoms with Crippen LogP contribution in [0, 0.1) is 0 Å². The summed E-state index contributed by atoms with van der Waals surface area (Å²) in [5.74, 6) is -1.11. The standard InChI is InChI=1S/C17H15ClO6S/c1-3-15(19)14-10-12(18)7-8-16(14)24-25(21,22)13-6-4-5-11(9-13)17(20)23-2/h4-10H,3H2,1-2H3. The van der Waals surface area contributed by atoms with Crippen LogP contribution < -0.4 is 4.18 Å². The molecular weight excluding hydrogens is 368 g/mol. The van der Waals surface area contributed by atoms with Gasteiger partial charge in [0, 0.05) is 11.4 Å². The van der Waals surface area contributed by atoms with E-state index >= 15 is 0 Å². The summed E-state index contributed by atoms with van der Waals surface area (Å²) in [5.41, 5.74) is 0.135. The van der Waals surface area contributed by atoms with Gasteiger partial charge in [-0.05, 0) is 36.4 Å². The number of hydrogen-bond acceptors (Lipinski definition) is 6. The zero-order valence-electron chi connectivity index (χ0n) is 13.5. The number of carbonyl (C=O) groups is 2. The van der Waals surface area contributed by atoms with E-state index in [4.69, 9.17) is 15.8 Å². The number of halogens is 1. The topological polar surface area (TPSA) is 86.7 Å².